The number of aliphatic imine (C=N–C) groups is 2. The summed E-state index contributed by atoms with van der Waals surface area (Å²) in [6, 6.07) is 9.19. The lowest BCUT2D eigenvalue weighted by atomic mass is 10.0. The van der Waals surface area contributed by atoms with Gasteiger partial charge in [0, 0.05) is 55.8 Å². The van der Waals surface area contributed by atoms with Crippen molar-refractivity contribution < 1.29 is 9.18 Å². The zero-order valence-corrected chi connectivity index (χ0v) is 21.3. The van der Waals surface area contributed by atoms with E-state index in [1.807, 2.05) is 25.3 Å². The van der Waals surface area contributed by atoms with E-state index in [4.69, 9.17) is 5.73 Å². The van der Waals surface area contributed by atoms with E-state index in [0.717, 1.165) is 29.8 Å². The fourth-order valence-corrected chi connectivity index (χ4v) is 5.11. The van der Waals surface area contributed by atoms with E-state index < -0.39 is 5.82 Å². The van der Waals surface area contributed by atoms with Crippen LogP contribution in [0.1, 0.15) is 41.3 Å². The van der Waals surface area contributed by atoms with Crippen molar-refractivity contribution in [1.82, 2.24) is 25.2 Å². The number of nitrogens with two attached hydrogens (primary N) is 1. The number of H-pyrrole nitrogens is 1. The first-order chi connectivity index (χ1) is 17.8. The predicted octanol–water partition coefficient (Wildman–Crippen LogP) is 3.67. The van der Waals surface area contributed by atoms with Gasteiger partial charge in [-0.1, -0.05) is 6.07 Å². The maximum absolute atomic E-state index is 14.5. The minimum absolute atomic E-state index is 0.0308. The van der Waals surface area contributed by atoms with Crippen LogP contribution in [0.5, 0.6) is 0 Å². The van der Waals surface area contributed by atoms with Crippen LogP contribution in [-0.4, -0.2) is 75.4 Å². The molecule has 0 spiro atoms. The number of aryl methyl sites for hydroxylation is 2. The summed E-state index contributed by atoms with van der Waals surface area (Å²) in [5, 5.41) is 10.3. The van der Waals surface area contributed by atoms with Crippen molar-refractivity contribution >= 4 is 34.7 Å². The first kappa shape index (κ1) is 24.8. The smallest absolute Gasteiger partial charge is 0.256 e. The van der Waals surface area contributed by atoms with Crippen LogP contribution in [0.2, 0.25) is 0 Å². The number of benzene rings is 2. The van der Waals surface area contributed by atoms with Gasteiger partial charge in [-0.2, -0.15) is 15.4 Å². The second kappa shape index (κ2) is 10.2. The number of piperidine rings is 1. The highest BCUT2D eigenvalue weighted by molar-refractivity contribution is 5.97. The highest BCUT2D eigenvalue weighted by Crippen LogP contribution is 2.25. The Balaban J connectivity index is 1.17. The van der Waals surface area contributed by atoms with Crippen LogP contribution in [-0.2, 0) is 0 Å². The van der Waals surface area contributed by atoms with E-state index in [0.29, 0.717) is 49.1 Å². The van der Waals surface area contributed by atoms with Crippen molar-refractivity contribution in [3.8, 4) is 0 Å². The molecule has 9 nitrogen and oxygen atoms in total. The third kappa shape index (κ3) is 5.43. The molecule has 2 aliphatic rings. The van der Waals surface area contributed by atoms with Crippen molar-refractivity contribution in [2.75, 3.05) is 26.2 Å². The number of rotatable bonds is 4. The molecule has 37 heavy (non-hydrogen) atoms. The van der Waals surface area contributed by atoms with Gasteiger partial charge in [0.25, 0.3) is 5.91 Å². The molecule has 3 heterocycles. The first-order valence-corrected chi connectivity index (χ1v) is 12.5. The van der Waals surface area contributed by atoms with Gasteiger partial charge in [0.05, 0.1) is 11.3 Å². The Kier molecular flexibility index (Phi) is 6.84. The molecule has 1 fully saturated rings. The SMILES string of the molecule is CC(N=CC1=C(N)CN(C2CCN(C(=O)c3cc4n[nH]nc4cc3F)CC2)C1)=Nc1cc(C)cc(C)c1. The maximum Gasteiger partial charge on any atom is 0.256 e. The van der Waals surface area contributed by atoms with Crippen molar-refractivity contribution in [3.05, 3.63) is 64.1 Å². The number of hydrogen-bond acceptors (Lipinski definition) is 6. The van der Waals surface area contributed by atoms with Gasteiger partial charge in [0.15, 0.2) is 0 Å². The molecule has 0 atom stereocenters. The number of carbonyl (C=O) groups is 1. The number of nitrogens with zero attached hydrogens (tertiary/aromatic N) is 6. The fraction of sp³-hybridized carbons (Fsp3) is 0.370. The van der Waals surface area contributed by atoms with Gasteiger partial charge in [-0.3, -0.25) is 9.69 Å². The lowest BCUT2D eigenvalue weighted by Gasteiger charge is -2.36. The molecule has 0 unspecified atom stereocenters. The number of nitrogens with one attached hydrogen (secondary N) is 1. The normalized spacial score (nSPS) is 18.1. The Hall–Kier alpha value is -3.92. The number of amides is 1. The molecule has 2 aliphatic heterocycles. The van der Waals surface area contributed by atoms with E-state index in [-0.39, 0.29) is 11.5 Å². The zero-order chi connectivity index (χ0) is 26.1. The number of aromatic nitrogens is 3. The molecule has 0 bridgehead atoms. The monoisotopic (exact) mass is 502 g/mol. The minimum atomic E-state index is -0.578. The van der Waals surface area contributed by atoms with Crippen molar-refractivity contribution in [3.63, 3.8) is 0 Å². The summed E-state index contributed by atoms with van der Waals surface area (Å²) in [6.07, 6.45) is 3.41. The van der Waals surface area contributed by atoms with Crippen LogP contribution < -0.4 is 5.73 Å². The van der Waals surface area contributed by atoms with Crippen LogP contribution in [0.3, 0.4) is 0 Å². The fourth-order valence-electron chi connectivity index (χ4n) is 5.11. The Labute approximate surface area is 215 Å². The molecule has 5 rings (SSSR count). The molecular formula is C27H31FN8O. The average Bonchev–Trinajstić information content (AvgIpc) is 3.47. The summed E-state index contributed by atoms with van der Waals surface area (Å²) in [5.74, 6) is -0.219. The Morgan fingerprint density at radius 1 is 1.08 bits per heavy atom. The van der Waals surface area contributed by atoms with Gasteiger partial charge in [-0.05, 0) is 62.9 Å². The third-order valence-electron chi connectivity index (χ3n) is 6.97. The van der Waals surface area contributed by atoms with Crippen LogP contribution >= 0.6 is 0 Å². The standard InChI is InChI=1S/C27H31FN8O/c1-16-8-17(2)10-20(9-16)31-18(3)30-13-19-14-36(15-24(19)29)21-4-6-35(7-5-21)27(37)22-11-25-26(12-23(22)28)33-34-32-25/h8-13,21H,4-7,14-15,29H2,1-3H3,(H,32,33,34). The predicted molar refractivity (Wildman–Crippen MR) is 143 cm³/mol. The highest BCUT2D eigenvalue weighted by Gasteiger charge is 2.31. The molecule has 192 valence electrons. The molecule has 0 saturated carbocycles. The molecule has 1 aromatic heterocycles. The summed E-state index contributed by atoms with van der Waals surface area (Å²) in [7, 11) is 0. The molecule has 1 amide bonds. The molecule has 10 heteroatoms. The molecule has 3 aromatic rings. The number of amidine groups is 1. The molecule has 3 N–H and O–H groups in total. The summed E-state index contributed by atoms with van der Waals surface area (Å²) in [5.41, 5.74) is 12.3. The topological polar surface area (TPSA) is 116 Å². The van der Waals surface area contributed by atoms with Crippen LogP contribution in [0, 0.1) is 19.7 Å². The van der Waals surface area contributed by atoms with Gasteiger partial charge >= 0.3 is 0 Å². The van der Waals surface area contributed by atoms with Crippen molar-refractivity contribution in [1.29, 1.82) is 0 Å². The number of likely N-dealkylation sites (tertiary alicyclic amines) is 1. The third-order valence-corrected chi connectivity index (χ3v) is 6.97. The second-order valence-electron chi connectivity index (χ2n) is 9.89. The van der Waals surface area contributed by atoms with Crippen molar-refractivity contribution in [2.24, 2.45) is 15.7 Å². The summed E-state index contributed by atoms with van der Waals surface area (Å²) >= 11 is 0. The zero-order valence-electron chi connectivity index (χ0n) is 21.3. The van der Waals surface area contributed by atoms with Gasteiger partial charge in [-0.15, -0.1) is 0 Å². The molecule has 1 saturated heterocycles. The number of halogens is 1. The number of hydrogen-bond donors (Lipinski definition) is 2. The van der Waals surface area contributed by atoms with Crippen molar-refractivity contribution in [2.45, 2.75) is 39.7 Å². The average molecular weight is 503 g/mol. The second-order valence-corrected chi connectivity index (χ2v) is 9.89. The highest BCUT2D eigenvalue weighted by atomic mass is 19.1. The van der Waals surface area contributed by atoms with Gasteiger partial charge in [0.1, 0.15) is 22.7 Å². The molecular weight excluding hydrogens is 471 g/mol. The minimum Gasteiger partial charge on any atom is -0.401 e. The van der Waals surface area contributed by atoms with Crippen LogP contribution in [0.25, 0.3) is 11.0 Å². The Morgan fingerprint density at radius 2 is 1.76 bits per heavy atom. The van der Waals surface area contributed by atoms with Gasteiger partial charge in [0.2, 0.25) is 0 Å². The maximum atomic E-state index is 14.5. The molecule has 0 radical (unpaired) electrons. The van der Waals surface area contributed by atoms with E-state index in [1.165, 1.54) is 23.3 Å². The lowest BCUT2D eigenvalue weighted by molar-refractivity contribution is 0.0642. The number of aromatic amines is 1. The van der Waals surface area contributed by atoms with E-state index in [9.17, 15) is 9.18 Å². The Morgan fingerprint density at radius 3 is 2.46 bits per heavy atom. The van der Waals surface area contributed by atoms with Crippen LogP contribution in [0.15, 0.2) is 51.6 Å². The molecule has 2 aromatic carbocycles. The number of fused-ring (bicyclic) bond motifs is 1. The first-order valence-electron chi connectivity index (χ1n) is 12.5. The largest absolute Gasteiger partial charge is 0.401 e. The van der Waals surface area contributed by atoms with Crippen LogP contribution in [0.4, 0.5) is 10.1 Å². The summed E-state index contributed by atoms with van der Waals surface area (Å²) < 4.78 is 14.5. The number of carbonyl (C=O) groups excluding carboxylic acids is 1. The molecule has 0 aliphatic carbocycles. The van der Waals surface area contributed by atoms with E-state index >= 15 is 0 Å². The lowest BCUT2D eigenvalue weighted by Crippen LogP contribution is -2.46. The quantitative estimate of drug-likeness (QED) is 0.417. The van der Waals surface area contributed by atoms with Gasteiger partial charge < -0.3 is 10.6 Å². The summed E-state index contributed by atoms with van der Waals surface area (Å²) in [4.78, 5) is 26.2. The van der Waals surface area contributed by atoms with E-state index in [1.54, 1.807) is 4.90 Å². The Bertz CT molecular complexity index is 1410. The van der Waals surface area contributed by atoms with E-state index in [2.05, 4.69) is 50.2 Å². The summed E-state index contributed by atoms with van der Waals surface area (Å²) in [6.45, 7) is 8.49. The van der Waals surface area contributed by atoms with Gasteiger partial charge in [-0.25, -0.2) is 14.4 Å².